The van der Waals surface area contributed by atoms with Gasteiger partial charge in [-0.2, -0.15) is 0 Å². The second-order valence-electron chi connectivity index (χ2n) is 2.78. The van der Waals surface area contributed by atoms with Gasteiger partial charge in [0, 0.05) is 12.6 Å². The molecule has 1 atom stereocenters. The molecule has 3 nitrogen and oxygen atoms in total. The lowest BCUT2D eigenvalue weighted by Gasteiger charge is -2.10. The number of hydrogen-bond acceptors (Lipinski definition) is 3. The van der Waals surface area contributed by atoms with E-state index in [0.29, 0.717) is 5.75 Å². The normalized spacial score (nSPS) is 12.6. The summed E-state index contributed by atoms with van der Waals surface area (Å²) in [4.78, 5) is 0. The molecule has 1 aromatic carbocycles. The van der Waals surface area contributed by atoms with Gasteiger partial charge in [-0.1, -0.05) is 11.6 Å². The van der Waals surface area contributed by atoms with Crippen molar-refractivity contribution < 1.29 is 14.2 Å². The van der Waals surface area contributed by atoms with Crippen LogP contribution in [-0.2, 0) is 0 Å². The predicted molar refractivity (Wildman–Crippen MR) is 52.0 cm³/mol. The minimum Gasteiger partial charge on any atom is -0.491 e. The number of aliphatic hydroxyl groups is 1. The number of halogens is 2. The number of ether oxygens (including phenoxy) is 1. The summed E-state index contributed by atoms with van der Waals surface area (Å²) < 4.78 is 17.8. The van der Waals surface area contributed by atoms with Crippen molar-refractivity contribution in [3.63, 3.8) is 0 Å². The SMILES string of the molecule is NCC(O)COc1ccc(F)c(Cl)c1. The van der Waals surface area contributed by atoms with E-state index in [1.807, 2.05) is 0 Å². The van der Waals surface area contributed by atoms with Crippen LogP contribution in [-0.4, -0.2) is 24.4 Å². The lowest BCUT2D eigenvalue weighted by atomic mass is 10.3. The average molecular weight is 220 g/mol. The molecule has 0 aliphatic carbocycles. The summed E-state index contributed by atoms with van der Waals surface area (Å²) in [6.07, 6.45) is -0.723. The smallest absolute Gasteiger partial charge is 0.142 e. The van der Waals surface area contributed by atoms with Crippen molar-refractivity contribution >= 4 is 11.6 Å². The molecule has 0 aromatic heterocycles. The number of benzene rings is 1. The van der Waals surface area contributed by atoms with Gasteiger partial charge in [0.2, 0.25) is 0 Å². The lowest BCUT2D eigenvalue weighted by Crippen LogP contribution is -2.26. The first-order valence-corrected chi connectivity index (χ1v) is 4.47. The second-order valence-corrected chi connectivity index (χ2v) is 3.18. The molecule has 14 heavy (non-hydrogen) atoms. The van der Waals surface area contributed by atoms with Gasteiger partial charge in [-0.15, -0.1) is 0 Å². The summed E-state index contributed by atoms with van der Waals surface area (Å²) in [5.41, 5.74) is 5.17. The molecule has 0 spiro atoms. The van der Waals surface area contributed by atoms with E-state index >= 15 is 0 Å². The fraction of sp³-hybridized carbons (Fsp3) is 0.333. The molecule has 0 fully saturated rings. The van der Waals surface area contributed by atoms with Crippen molar-refractivity contribution in [3.05, 3.63) is 29.0 Å². The third-order valence-corrected chi connectivity index (χ3v) is 1.90. The van der Waals surface area contributed by atoms with Gasteiger partial charge in [0.05, 0.1) is 5.02 Å². The number of nitrogens with two attached hydrogens (primary N) is 1. The van der Waals surface area contributed by atoms with Crippen molar-refractivity contribution in [1.29, 1.82) is 0 Å². The second kappa shape index (κ2) is 5.14. The van der Waals surface area contributed by atoms with E-state index in [9.17, 15) is 4.39 Å². The van der Waals surface area contributed by atoms with Crippen LogP contribution in [0.5, 0.6) is 5.75 Å². The Balaban J connectivity index is 2.55. The van der Waals surface area contributed by atoms with Crippen molar-refractivity contribution in [1.82, 2.24) is 0 Å². The van der Waals surface area contributed by atoms with Crippen molar-refractivity contribution in [2.24, 2.45) is 5.73 Å². The molecular formula is C9H11ClFNO2. The Morgan fingerprint density at radius 3 is 2.86 bits per heavy atom. The van der Waals surface area contributed by atoms with E-state index in [-0.39, 0.29) is 18.2 Å². The molecule has 1 aromatic rings. The highest BCUT2D eigenvalue weighted by molar-refractivity contribution is 6.30. The molecule has 78 valence electrons. The molecule has 0 bridgehead atoms. The Bertz CT molecular complexity index is 309. The summed E-state index contributed by atoms with van der Waals surface area (Å²) in [5, 5.41) is 9.08. The first kappa shape index (κ1) is 11.2. The highest BCUT2D eigenvalue weighted by Crippen LogP contribution is 2.20. The van der Waals surface area contributed by atoms with Crippen LogP contribution in [0.2, 0.25) is 5.02 Å². The maximum absolute atomic E-state index is 12.7. The minimum atomic E-state index is -0.723. The Labute approximate surface area is 86.2 Å². The largest absolute Gasteiger partial charge is 0.491 e. The van der Waals surface area contributed by atoms with E-state index in [1.54, 1.807) is 0 Å². The van der Waals surface area contributed by atoms with Gasteiger partial charge in [-0.05, 0) is 12.1 Å². The van der Waals surface area contributed by atoms with E-state index in [2.05, 4.69) is 0 Å². The van der Waals surface area contributed by atoms with Crippen LogP contribution in [0.4, 0.5) is 4.39 Å². The van der Waals surface area contributed by atoms with Gasteiger partial charge >= 0.3 is 0 Å². The van der Waals surface area contributed by atoms with Gasteiger partial charge in [0.15, 0.2) is 0 Å². The zero-order valence-corrected chi connectivity index (χ0v) is 8.17. The third kappa shape index (κ3) is 3.14. The summed E-state index contributed by atoms with van der Waals surface area (Å²) in [6, 6.07) is 3.98. The van der Waals surface area contributed by atoms with Gasteiger partial charge in [-0.25, -0.2) is 4.39 Å². The van der Waals surface area contributed by atoms with Crippen LogP contribution < -0.4 is 10.5 Å². The molecule has 0 aliphatic heterocycles. The molecule has 0 amide bonds. The van der Waals surface area contributed by atoms with Gasteiger partial charge in [0.1, 0.15) is 24.3 Å². The molecule has 1 rings (SSSR count). The van der Waals surface area contributed by atoms with Crippen molar-refractivity contribution in [3.8, 4) is 5.75 Å². The lowest BCUT2D eigenvalue weighted by molar-refractivity contribution is 0.114. The zero-order valence-electron chi connectivity index (χ0n) is 7.41. The first-order valence-electron chi connectivity index (χ1n) is 4.09. The summed E-state index contributed by atoms with van der Waals surface area (Å²) in [6.45, 7) is 0.188. The van der Waals surface area contributed by atoms with E-state index in [4.69, 9.17) is 27.2 Å². The molecule has 0 radical (unpaired) electrons. The van der Waals surface area contributed by atoms with Crippen LogP contribution in [0.15, 0.2) is 18.2 Å². The summed E-state index contributed by atoms with van der Waals surface area (Å²) >= 11 is 5.52. The topological polar surface area (TPSA) is 55.5 Å². The zero-order chi connectivity index (χ0) is 10.6. The standard InChI is InChI=1S/C9H11ClFNO2/c10-8-3-7(1-2-9(8)11)14-5-6(13)4-12/h1-3,6,13H,4-5,12H2. The van der Waals surface area contributed by atoms with E-state index in [0.717, 1.165) is 0 Å². The van der Waals surface area contributed by atoms with Crippen LogP contribution in [0.3, 0.4) is 0 Å². The fourth-order valence-corrected chi connectivity index (χ4v) is 0.998. The monoisotopic (exact) mass is 219 g/mol. The highest BCUT2D eigenvalue weighted by atomic mass is 35.5. The average Bonchev–Trinajstić information content (AvgIpc) is 2.19. The Hall–Kier alpha value is -0.840. The molecule has 0 aliphatic rings. The number of aliphatic hydroxyl groups excluding tert-OH is 1. The predicted octanol–water partition coefficient (Wildman–Crippen LogP) is 1.18. The van der Waals surface area contributed by atoms with Crippen molar-refractivity contribution in [2.45, 2.75) is 6.10 Å². The Kier molecular flexibility index (Phi) is 4.13. The van der Waals surface area contributed by atoms with Crippen LogP contribution in [0.25, 0.3) is 0 Å². The molecule has 5 heteroatoms. The Morgan fingerprint density at radius 2 is 2.29 bits per heavy atom. The third-order valence-electron chi connectivity index (χ3n) is 1.61. The van der Waals surface area contributed by atoms with E-state index in [1.165, 1.54) is 18.2 Å². The maximum atomic E-state index is 12.7. The molecule has 0 heterocycles. The fourth-order valence-electron chi connectivity index (χ4n) is 0.827. The molecule has 0 saturated carbocycles. The van der Waals surface area contributed by atoms with E-state index < -0.39 is 11.9 Å². The number of hydrogen-bond donors (Lipinski definition) is 2. The first-order chi connectivity index (χ1) is 6.63. The summed E-state index contributed by atoms with van der Waals surface area (Å²) in [5.74, 6) is -0.0951. The van der Waals surface area contributed by atoms with Crippen LogP contribution in [0.1, 0.15) is 0 Å². The van der Waals surface area contributed by atoms with Gasteiger partial charge < -0.3 is 15.6 Å². The minimum absolute atomic E-state index is 0.00950. The van der Waals surface area contributed by atoms with Gasteiger partial charge in [-0.3, -0.25) is 0 Å². The Morgan fingerprint density at radius 1 is 1.57 bits per heavy atom. The molecular weight excluding hydrogens is 209 g/mol. The van der Waals surface area contributed by atoms with Crippen LogP contribution >= 0.6 is 11.6 Å². The van der Waals surface area contributed by atoms with Gasteiger partial charge in [0.25, 0.3) is 0 Å². The number of rotatable bonds is 4. The van der Waals surface area contributed by atoms with Crippen molar-refractivity contribution in [2.75, 3.05) is 13.2 Å². The summed E-state index contributed by atoms with van der Waals surface area (Å²) in [7, 11) is 0. The quantitative estimate of drug-likeness (QED) is 0.800. The molecule has 0 saturated heterocycles. The van der Waals surface area contributed by atoms with Crippen LogP contribution in [0, 0.1) is 5.82 Å². The molecule has 1 unspecified atom stereocenters. The maximum Gasteiger partial charge on any atom is 0.142 e. The molecule has 3 N–H and O–H groups in total. The highest BCUT2D eigenvalue weighted by Gasteiger charge is 2.04.